The minimum Gasteiger partial charge on any atom is -0.466 e. The van der Waals surface area contributed by atoms with Crippen LogP contribution in [0.3, 0.4) is 0 Å². The zero-order chi connectivity index (χ0) is 42.0. The molecule has 0 amide bonds. The Morgan fingerprint density at radius 3 is 1.21 bits per heavy atom. The summed E-state index contributed by atoms with van der Waals surface area (Å²) in [7, 11) is 0. The molecule has 1 aliphatic rings. The number of carbonyl (C=O) groups is 6. The molecule has 0 saturated carbocycles. The first-order chi connectivity index (χ1) is 27.2. The lowest BCUT2D eigenvalue weighted by atomic mass is 10.00. The Morgan fingerprint density at radius 2 is 0.821 bits per heavy atom. The molecule has 0 aliphatic carbocycles. The summed E-state index contributed by atoms with van der Waals surface area (Å²) in [5, 5.41) is 8.99. The Morgan fingerprint density at radius 1 is 0.482 bits per heavy atom. The molecule has 0 aromatic heterocycles. The molecule has 1 saturated heterocycles. The first kappa shape index (κ1) is 55.4. The van der Waals surface area contributed by atoms with E-state index in [-0.39, 0.29) is 37.0 Å². The highest BCUT2D eigenvalue weighted by Crippen LogP contribution is 2.32. The van der Waals surface area contributed by atoms with E-state index in [9.17, 15) is 28.8 Å². The van der Waals surface area contributed by atoms with E-state index < -0.39 is 5.60 Å². The van der Waals surface area contributed by atoms with Gasteiger partial charge >= 0.3 is 17.9 Å². The predicted octanol–water partition coefficient (Wildman–Crippen LogP) is 10.1. The minimum atomic E-state index is -1.77. The molecule has 0 bridgehead atoms. The Labute approximate surface area is 340 Å². The number of rotatable bonds is 37. The normalized spacial score (nSPS) is 14.3. The molecule has 0 aromatic rings. The zero-order valence-corrected chi connectivity index (χ0v) is 36.0. The molecule has 2 unspecified atom stereocenters. The van der Waals surface area contributed by atoms with Crippen LogP contribution in [0.25, 0.3) is 0 Å². The van der Waals surface area contributed by atoms with Crippen LogP contribution in [0.5, 0.6) is 0 Å². The van der Waals surface area contributed by atoms with Gasteiger partial charge < -0.3 is 38.4 Å². The van der Waals surface area contributed by atoms with Crippen LogP contribution in [0, 0.1) is 0 Å². The number of carbonyl (C=O) groups excluding carboxylic acids is 6. The van der Waals surface area contributed by atoms with Crippen molar-refractivity contribution in [3.63, 3.8) is 0 Å². The largest absolute Gasteiger partial charge is 0.466 e. The summed E-state index contributed by atoms with van der Waals surface area (Å²) in [5.74, 6) is -0.443. The lowest BCUT2D eigenvalue weighted by Crippen LogP contribution is -2.31. The maximum atomic E-state index is 11.7. The Hall–Kier alpha value is -2.66. The Balaban J connectivity index is 0. The highest BCUT2D eigenvalue weighted by molar-refractivity contribution is 5.74. The van der Waals surface area contributed by atoms with Gasteiger partial charge in [-0.15, -0.1) is 0 Å². The molecule has 1 rings (SSSR count). The first-order valence-corrected chi connectivity index (χ1v) is 22.3. The van der Waals surface area contributed by atoms with Crippen LogP contribution in [0.2, 0.25) is 0 Å². The summed E-state index contributed by atoms with van der Waals surface area (Å²) < 4.78 is 21.1. The average molecular weight is 799 g/mol. The van der Waals surface area contributed by atoms with Crippen molar-refractivity contribution in [3.8, 4) is 0 Å². The number of hydrogen-bond acceptors (Lipinski definition) is 11. The van der Waals surface area contributed by atoms with Gasteiger partial charge in [-0.05, 0) is 44.9 Å². The second kappa shape index (κ2) is 42.0. The topological polar surface area (TPSA) is 163 Å². The fourth-order valence-electron chi connectivity index (χ4n) is 5.75. The summed E-state index contributed by atoms with van der Waals surface area (Å²) in [6, 6.07) is 0. The number of epoxide rings is 1. The SMILES string of the molecule is CCCCCCCCOC(=O)CCCCCCCC1OC1CCCCCCCC.CCCCOC(=O)CCCC(=O)OCCCC.O=CCC(O)(C=O)CC=O. The second-order valence-corrected chi connectivity index (χ2v) is 15.0. The van der Waals surface area contributed by atoms with Gasteiger partial charge in [0.1, 0.15) is 18.2 Å². The number of aldehydes is 3. The fraction of sp³-hybridized carbons (Fsp3) is 0.867. The molecule has 0 radical (unpaired) electrons. The van der Waals surface area contributed by atoms with Gasteiger partial charge in [-0.1, -0.05) is 137 Å². The molecule has 1 heterocycles. The van der Waals surface area contributed by atoms with Gasteiger partial charge in [0.2, 0.25) is 0 Å². The van der Waals surface area contributed by atoms with Crippen LogP contribution < -0.4 is 0 Å². The number of unbranched alkanes of at least 4 members (excludes halogenated alkanes) is 16. The fourth-order valence-corrected chi connectivity index (χ4v) is 5.75. The third kappa shape index (κ3) is 39.6. The average Bonchev–Trinajstić information content (AvgIpc) is 3.94. The van der Waals surface area contributed by atoms with E-state index in [0.717, 1.165) is 44.9 Å². The molecule has 11 heteroatoms. The molecule has 11 nitrogen and oxygen atoms in total. The quantitative estimate of drug-likeness (QED) is 0.0209. The maximum Gasteiger partial charge on any atom is 0.305 e. The summed E-state index contributed by atoms with van der Waals surface area (Å²) in [6.45, 7) is 10.2. The number of aliphatic hydroxyl groups is 1. The van der Waals surface area contributed by atoms with Crippen molar-refractivity contribution in [1.29, 1.82) is 0 Å². The van der Waals surface area contributed by atoms with Crippen molar-refractivity contribution in [2.24, 2.45) is 0 Å². The summed E-state index contributed by atoms with van der Waals surface area (Å²) >= 11 is 0. The van der Waals surface area contributed by atoms with E-state index in [0.29, 0.717) is 70.3 Å². The van der Waals surface area contributed by atoms with Crippen LogP contribution in [0.15, 0.2) is 0 Å². The predicted molar refractivity (Wildman–Crippen MR) is 221 cm³/mol. The molecular formula is C45H82O11. The van der Waals surface area contributed by atoms with E-state index in [2.05, 4.69) is 13.8 Å². The Kier molecular flexibility index (Phi) is 41.5. The van der Waals surface area contributed by atoms with Crippen molar-refractivity contribution in [3.05, 3.63) is 0 Å². The number of hydrogen-bond donors (Lipinski definition) is 1. The third-order valence-corrected chi connectivity index (χ3v) is 9.54. The van der Waals surface area contributed by atoms with E-state index in [1.165, 1.54) is 103 Å². The van der Waals surface area contributed by atoms with Crippen LogP contribution in [-0.2, 0) is 47.7 Å². The van der Waals surface area contributed by atoms with Crippen molar-refractivity contribution >= 4 is 36.8 Å². The maximum absolute atomic E-state index is 11.7. The van der Waals surface area contributed by atoms with E-state index in [4.69, 9.17) is 24.1 Å². The lowest BCUT2D eigenvalue weighted by Gasteiger charge is -2.13. The zero-order valence-electron chi connectivity index (χ0n) is 36.0. The molecule has 1 aliphatic heterocycles. The molecule has 0 aromatic carbocycles. The second-order valence-electron chi connectivity index (χ2n) is 15.0. The van der Waals surface area contributed by atoms with Crippen molar-refractivity contribution < 1.29 is 52.8 Å². The van der Waals surface area contributed by atoms with Gasteiger partial charge in [0, 0.05) is 32.1 Å². The summed E-state index contributed by atoms with van der Waals surface area (Å²) in [4.78, 5) is 63.8. The number of esters is 3. The van der Waals surface area contributed by atoms with E-state index in [1.54, 1.807) is 0 Å². The molecule has 1 N–H and O–H groups in total. The van der Waals surface area contributed by atoms with Gasteiger partial charge in [0.05, 0.1) is 32.0 Å². The molecule has 56 heavy (non-hydrogen) atoms. The van der Waals surface area contributed by atoms with Gasteiger partial charge in [-0.25, -0.2) is 0 Å². The third-order valence-electron chi connectivity index (χ3n) is 9.54. The molecule has 2 atom stereocenters. The van der Waals surface area contributed by atoms with Crippen molar-refractivity contribution in [2.45, 2.75) is 232 Å². The van der Waals surface area contributed by atoms with E-state index in [1.807, 2.05) is 13.8 Å². The highest BCUT2D eigenvalue weighted by Gasteiger charge is 2.36. The molecule has 1 fully saturated rings. The molecule has 0 spiro atoms. The van der Waals surface area contributed by atoms with Crippen molar-refractivity contribution in [2.75, 3.05) is 19.8 Å². The Bertz CT molecular complexity index is 922. The lowest BCUT2D eigenvalue weighted by molar-refractivity contribution is -0.146. The van der Waals surface area contributed by atoms with Gasteiger partial charge in [0.15, 0.2) is 6.29 Å². The van der Waals surface area contributed by atoms with Crippen LogP contribution in [0.1, 0.15) is 214 Å². The van der Waals surface area contributed by atoms with Crippen LogP contribution in [0.4, 0.5) is 0 Å². The summed E-state index contributed by atoms with van der Waals surface area (Å²) in [5.41, 5.74) is -1.77. The van der Waals surface area contributed by atoms with E-state index >= 15 is 0 Å². The van der Waals surface area contributed by atoms with Gasteiger partial charge in [-0.3, -0.25) is 14.4 Å². The van der Waals surface area contributed by atoms with Crippen molar-refractivity contribution in [1.82, 2.24) is 0 Å². The molecule has 328 valence electrons. The van der Waals surface area contributed by atoms with Gasteiger partial charge in [-0.2, -0.15) is 0 Å². The highest BCUT2D eigenvalue weighted by atomic mass is 16.6. The van der Waals surface area contributed by atoms with Crippen LogP contribution >= 0.6 is 0 Å². The monoisotopic (exact) mass is 799 g/mol. The summed E-state index contributed by atoms with van der Waals surface area (Å²) in [6.07, 6.45) is 31.1. The number of ether oxygens (including phenoxy) is 4. The van der Waals surface area contributed by atoms with Crippen LogP contribution in [-0.4, -0.2) is 79.5 Å². The molecular weight excluding hydrogens is 716 g/mol. The minimum absolute atomic E-state index is 0.00229. The van der Waals surface area contributed by atoms with Gasteiger partial charge in [0.25, 0.3) is 0 Å². The standard InChI is InChI=1S/C26H50O3.C13H24O4.C6H8O4/c1-3-5-7-9-12-16-20-24-25(29-24)21-17-13-11-14-18-22-26(27)28-23-19-15-10-8-6-4-2;1-3-5-10-16-12(14)8-7-9-13(15)17-11-6-4-2;7-3-1-6(10,5-9)2-4-8/h24-25H,3-23H2,1-2H3;3-11H2,1-2H3;3-5,10H,1-2H2. The first-order valence-electron chi connectivity index (χ1n) is 22.3. The smallest absolute Gasteiger partial charge is 0.305 e.